The third-order valence-corrected chi connectivity index (χ3v) is 5.05. The Morgan fingerprint density at radius 2 is 2.04 bits per heavy atom. The highest BCUT2D eigenvalue weighted by Gasteiger charge is 2.45. The summed E-state index contributed by atoms with van der Waals surface area (Å²) in [7, 11) is 0. The third-order valence-electron chi connectivity index (χ3n) is 5.05. The number of halogens is 1. The summed E-state index contributed by atoms with van der Waals surface area (Å²) in [6, 6.07) is 6.01. The van der Waals surface area contributed by atoms with Gasteiger partial charge in [0.25, 0.3) is 11.8 Å². The van der Waals surface area contributed by atoms with E-state index in [0.717, 1.165) is 12.8 Å². The van der Waals surface area contributed by atoms with Crippen LogP contribution < -0.4 is 5.32 Å². The standard InChI is InChI=1S/C18H20FN3O3/c19-13-3-1-2-12(10-13)17(24)22-8-6-18(7-9-22)11-15(21-25-18)16(23)20-14-4-5-14/h1-3,10,14H,4-9,11H2,(H,20,23). The summed E-state index contributed by atoms with van der Waals surface area (Å²) in [5, 5.41) is 6.91. The lowest BCUT2D eigenvalue weighted by Gasteiger charge is -2.37. The quantitative estimate of drug-likeness (QED) is 0.909. The van der Waals surface area contributed by atoms with Gasteiger partial charge >= 0.3 is 0 Å². The lowest BCUT2D eigenvalue weighted by Crippen LogP contribution is -2.47. The molecule has 0 atom stereocenters. The maximum absolute atomic E-state index is 13.3. The van der Waals surface area contributed by atoms with Gasteiger partial charge in [-0.15, -0.1) is 0 Å². The highest BCUT2D eigenvalue weighted by atomic mass is 19.1. The minimum absolute atomic E-state index is 0.141. The largest absolute Gasteiger partial charge is 0.388 e. The normalized spacial score (nSPS) is 21.6. The van der Waals surface area contributed by atoms with E-state index in [4.69, 9.17) is 4.84 Å². The van der Waals surface area contributed by atoms with Crippen LogP contribution in [0.5, 0.6) is 0 Å². The van der Waals surface area contributed by atoms with E-state index >= 15 is 0 Å². The van der Waals surface area contributed by atoms with Crippen LogP contribution >= 0.6 is 0 Å². The monoisotopic (exact) mass is 345 g/mol. The molecule has 2 amide bonds. The fourth-order valence-electron chi connectivity index (χ4n) is 3.33. The zero-order valence-electron chi connectivity index (χ0n) is 13.8. The third kappa shape index (κ3) is 3.36. The Balaban J connectivity index is 1.34. The number of rotatable bonds is 3. The highest BCUT2D eigenvalue weighted by molar-refractivity contribution is 6.39. The molecule has 1 aliphatic carbocycles. The van der Waals surface area contributed by atoms with Crippen LogP contribution in [0.4, 0.5) is 4.39 Å². The van der Waals surface area contributed by atoms with Crippen molar-refractivity contribution in [1.82, 2.24) is 10.2 Å². The first-order valence-electron chi connectivity index (χ1n) is 8.65. The predicted molar refractivity (Wildman–Crippen MR) is 88.6 cm³/mol. The summed E-state index contributed by atoms with van der Waals surface area (Å²) in [4.78, 5) is 31.9. The summed E-state index contributed by atoms with van der Waals surface area (Å²) in [5.41, 5.74) is 0.301. The zero-order valence-corrected chi connectivity index (χ0v) is 13.8. The molecule has 132 valence electrons. The van der Waals surface area contributed by atoms with E-state index < -0.39 is 11.4 Å². The molecule has 1 aromatic rings. The molecule has 0 bridgehead atoms. The van der Waals surface area contributed by atoms with Gasteiger partial charge in [0.15, 0.2) is 0 Å². The molecule has 1 aromatic carbocycles. The molecule has 2 aliphatic heterocycles. The number of piperidine rings is 1. The molecular formula is C18H20FN3O3. The Hall–Kier alpha value is -2.44. The number of carbonyl (C=O) groups excluding carboxylic acids is 2. The average molecular weight is 345 g/mol. The van der Waals surface area contributed by atoms with Gasteiger partial charge < -0.3 is 15.1 Å². The number of likely N-dealkylation sites (tertiary alicyclic amines) is 1. The molecule has 2 heterocycles. The Kier molecular flexibility index (Phi) is 3.94. The fourth-order valence-corrected chi connectivity index (χ4v) is 3.33. The van der Waals surface area contributed by atoms with Crippen molar-refractivity contribution in [2.24, 2.45) is 5.16 Å². The number of carbonyl (C=O) groups is 2. The van der Waals surface area contributed by atoms with Gasteiger partial charge in [-0.05, 0) is 31.0 Å². The van der Waals surface area contributed by atoms with Crippen molar-refractivity contribution in [3.8, 4) is 0 Å². The lowest BCUT2D eigenvalue weighted by atomic mass is 9.86. The van der Waals surface area contributed by atoms with Crippen LogP contribution in [0.3, 0.4) is 0 Å². The zero-order chi connectivity index (χ0) is 17.4. The summed E-state index contributed by atoms with van der Waals surface area (Å²) in [6.07, 6.45) is 3.76. The highest BCUT2D eigenvalue weighted by Crippen LogP contribution is 2.35. The Morgan fingerprint density at radius 1 is 1.28 bits per heavy atom. The summed E-state index contributed by atoms with van der Waals surface area (Å²) >= 11 is 0. The van der Waals surface area contributed by atoms with Crippen LogP contribution in [0.15, 0.2) is 29.4 Å². The second-order valence-electron chi connectivity index (χ2n) is 7.04. The van der Waals surface area contributed by atoms with E-state index in [1.807, 2.05) is 0 Å². The van der Waals surface area contributed by atoms with E-state index in [9.17, 15) is 14.0 Å². The Bertz CT molecular complexity index is 737. The maximum atomic E-state index is 13.3. The topological polar surface area (TPSA) is 71.0 Å². The molecule has 0 radical (unpaired) electrons. The van der Waals surface area contributed by atoms with Crippen LogP contribution in [0.1, 0.15) is 42.5 Å². The van der Waals surface area contributed by atoms with E-state index in [1.165, 1.54) is 18.2 Å². The van der Waals surface area contributed by atoms with Crippen molar-refractivity contribution in [3.63, 3.8) is 0 Å². The Morgan fingerprint density at radius 3 is 2.72 bits per heavy atom. The van der Waals surface area contributed by atoms with Crippen LogP contribution in [-0.4, -0.2) is 47.2 Å². The van der Waals surface area contributed by atoms with Crippen molar-refractivity contribution in [3.05, 3.63) is 35.6 Å². The van der Waals surface area contributed by atoms with Crippen molar-refractivity contribution in [2.45, 2.75) is 43.7 Å². The van der Waals surface area contributed by atoms with Gasteiger partial charge in [-0.25, -0.2) is 4.39 Å². The maximum Gasteiger partial charge on any atom is 0.269 e. The van der Waals surface area contributed by atoms with Crippen molar-refractivity contribution in [2.75, 3.05) is 13.1 Å². The summed E-state index contributed by atoms with van der Waals surface area (Å²) in [6.45, 7) is 1.00. The number of benzene rings is 1. The average Bonchev–Trinajstić information content (AvgIpc) is 3.33. The summed E-state index contributed by atoms with van der Waals surface area (Å²) < 4.78 is 13.3. The molecule has 0 unspecified atom stereocenters. The van der Waals surface area contributed by atoms with Crippen molar-refractivity contribution in [1.29, 1.82) is 0 Å². The second kappa shape index (κ2) is 6.13. The molecule has 1 saturated heterocycles. The first-order chi connectivity index (χ1) is 12.0. The van der Waals surface area contributed by atoms with Crippen LogP contribution in [0, 0.1) is 5.82 Å². The number of hydrogen-bond donors (Lipinski definition) is 1. The predicted octanol–water partition coefficient (Wildman–Crippen LogP) is 1.86. The molecule has 1 saturated carbocycles. The molecule has 25 heavy (non-hydrogen) atoms. The van der Waals surface area contributed by atoms with Crippen molar-refractivity contribution >= 4 is 17.5 Å². The van der Waals surface area contributed by atoms with Crippen LogP contribution in [0.2, 0.25) is 0 Å². The molecule has 4 rings (SSSR count). The molecule has 6 nitrogen and oxygen atoms in total. The first-order valence-corrected chi connectivity index (χ1v) is 8.65. The van der Waals surface area contributed by atoms with Gasteiger partial charge in [0, 0.05) is 44.0 Å². The first kappa shape index (κ1) is 16.1. The van der Waals surface area contributed by atoms with Gasteiger partial charge in [0.05, 0.1) is 0 Å². The Labute approximate surface area is 145 Å². The number of amides is 2. The number of hydrogen-bond acceptors (Lipinski definition) is 4. The van der Waals surface area contributed by atoms with Crippen LogP contribution in [0.25, 0.3) is 0 Å². The number of nitrogens with zero attached hydrogens (tertiary/aromatic N) is 2. The number of nitrogens with one attached hydrogen (secondary N) is 1. The van der Waals surface area contributed by atoms with Gasteiger partial charge in [-0.3, -0.25) is 9.59 Å². The van der Waals surface area contributed by atoms with Crippen LogP contribution in [-0.2, 0) is 9.63 Å². The molecule has 2 fully saturated rings. The van der Waals surface area contributed by atoms with E-state index in [2.05, 4.69) is 10.5 Å². The van der Waals surface area contributed by atoms with Gasteiger partial charge in [-0.2, -0.15) is 0 Å². The van der Waals surface area contributed by atoms with E-state index in [-0.39, 0.29) is 17.9 Å². The van der Waals surface area contributed by atoms with Gasteiger partial charge in [0.1, 0.15) is 17.1 Å². The summed E-state index contributed by atoms with van der Waals surface area (Å²) in [5.74, 6) is -0.740. The minimum atomic E-state index is -0.491. The smallest absolute Gasteiger partial charge is 0.269 e. The van der Waals surface area contributed by atoms with E-state index in [0.29, 0.717) is 43.6 Å². The minimum Gasteiger partial charge on any atom is -0.388 e. The molecule has 7 heteroatoms. The fraction of sp³-hybridized carbons (Fsp3) is 0.500. The van der Waals surface area contributed by atoms with Gasteiger partial charge in [-0.1, -0.05) is 11.2 Å². The van der Waals surface area contributed by atoms with Crippen molar-refractivity contribution < 1.29 is 18.8 Å². The molecular weight excluding hydrogens is 325 g/mol. The molecule has 1 N–H and O–H groups in total. The second-order valence-corrected chi connectivity index (χ2v) is 7.04. The lowest BCUT2D eigenvalue weighted by molar-refractivity contribution is -0.115. The number of oxime groups is 1. The van der Waals surface area contributed by atoms with E-state index in [1.54, 1.807) is 11.0 Å². The molecule has 1 spiro atoms. The SMILES string of the molecule is O=C(NC1CC1)C1=NOC2(CCN(C(=O)c3cccc(F)c3)CC2)C1. The molecule has 3 aliphatic rings. The van der Waals surface area contributed by atoms with Gasteiger partial charge in [0.2, 0.25) is 0 Å². The molecule has 0 aromatic heterocycles.